The Balaban J connectivity index is 1.39. The van der Waals surface area contributed by atoms with E-state index in [1.54, 1.807) is 18.2 Å². The zero-order chi connectivity index (χ0) is 27.4. The Morgan fingerprint density at radius 1 is 1.00 bits per heavy atom. The molecule has 2 N–H and O–H groups in total. The molecule has 1 saturated heterocycles. The number of para-hydroxylation sites is 3. The summed E-state index contributed by atoms with van der Waals surface area (Å²) in [5.41, 5.74) is 5.82. The number of hydrazine groups is 1. The number of carbonyl (C=O) groups is 2. The van der Waals surface area contributed by atoms with Gasteiger partial charge in [-0.2, -0.15) is 0 Å². The number of nitrogens with one attached hydrogen (secondary N) is 2. The average Bonchev–Trinajstić information content (AvgIpc) is 3.48. The minimum atomic E-state index is -0.367. The smallest absolute Gasteiger partial charge is 0.257 e. The van der Waals surface area contributed by atoms with Crippen molar-refractivity contribution in [2.45, 2.75) is 11.6 Å². The molecule has 3 aromatic carbocycles. The molecule has 198 valence electrons. The SMILES string of the molecule is O=C(CSc1nnc(Cc2ccccc2Nc2c(Cl)cccc2Cl)n1-c1ccccc1)NN1C(=O)CSC1=S. The van der Waals surface area contributed by atoms with Crippen LogP contribution in [0.1, 0.15) is 11.4 Å². The van der Waals surface area contributed by atoms with Gasteiger partial charge in [-0.3, -0.25) is 19.6 Å². The molecule has 2 amide bonds. The molecule has 0 unspecified atom stereocenters. The van der Waals surface area contributed by atoms with E-state index in [0.717, 1.165) is 21.9 Å². The summed E-state index contributed by atoms with van der Waals surface area (Å²) in [5.74, 6) is 0.301. The molecule has 39 heavy (non-hydrogen) atoms. The van der Waals surface area contributed by atoms with E-state index < -0.39 is 0 Å². The predicted molar refractivity (Wildman–Crippen MR) is 161 cm³/mol. The number of aromatic nitrogens is 3. The van der Waals surface area contributed by atoms with Crippen molar-refractivity contribution in [2.75, 3.05) is 16.8 Å². The molecule has 0 aliphatic carbocycles. The monoisotopic (exact) mass is 614 g/mol. The van der Waals surface area contributed by atoms with Gasteiger partial charge in [-0.05, 0) is 35.9 Å². The highest BCUT2D eigenvalue weighted by Gasteiger charge is 2.28. The number of nitrogens with zero attached hydrogens (tertiary/aromatic N) is 4. The maximum atomic E-state index is 12.6. The number of carbonyl (C=O) groups excluding carboxylic acids is 2. The zero-order valence-corrected chi connectivity index (χ0v) is 24.1. The van der Waals surface area contributed by atoms with Crippen LogP contribution in [0.5, 0.6) is 0 Å². The molecule has 0 atom stereocenters. The van der Waals surface area contributed by atoms with E-state index in [0.29, 0.717) is 37.5 Å². The molecule has 0 spiro atoms. The molecule has 0 bridgehead atoms. The van der Waals surface area contributed by atoms with Crippen molar-refractivity contribution >= 4 is 86.5 Å². The van der Waals surface area contributed by atoms with E-state index in [-0.39, 0.29) is 23.3 Å². The molecular weight excluding hydrogens is 595 g/mol. The fraction of sp³-hybridized carbons (Fsp3) is 0.115. The first kappa shape index (κ1) is 27.5. The van der Waals surface area contributed by atoms with Crippen LogP contribution in [0.2, 0.25) is 10.0 Å². The quantitative estimate of drug-likeness (QED) is 0.178. The number of thiocarbonyl (C=S) groups is 1. The van der Waals surface area contributed by atoms with Gasteiger partial charge in [0.2, 0.25) is 5.91 Å². The van der Waals surface area contributed by atoms with Crippen molar-refractivity contribution in [2.24, 2.45) is 0 Å². The molecule has 1 fully saturated rings. The highest BCUT2D eigenvalue weighted by molar-refractivity contribution is 8.23. The maximum Gasteiger partial charge on any atom is 0.257 e. The van der Waals surface area contributed by atoms with Gasteiger partial charge in [0, 0.05) is 17.8 Å². The summed E-state index contributed by atoms with van der Waals surface area (Å²) < 4.78 is 2.25. The number of rotatable bonds is 9. The molecule has 8 nitrogen and oxygen atoms in total. The van der Waals surface area contributed by atoms with E-state index in [2.05, 4.69) is 20.9 Å². The Bertz CT molecular complexity index is 1510. The summed E-state index contributed by atoms with van der Waals surface area (Å²) in [7, 11) is 0. The van der Waals surface area contributed by atoms with E-state index in [1.165, 1.54) is 23.5 Å². The highest BCUT2D eigenvalue weighted by Crippen LogP contribution is 2.34. The van der Waals surface area contributed by atoms with Crippen molar-refractivity contribution in [3.63, 3.8) is 0 Å². The number of thioether (sulfide) groups is 2. The first-order valence-electron chi connectivity index (χ1n) is 11.6. The van der Waals surface area contributed by atoms with Crippen LogP contribution in [-0.4, -0.2) is 47.4 Å². The summed E-state index contributed by atoms with van der Waals surface area (Å²) in [6.07, 6.45) is 0.438. The molecular formula is C26H20Cl2N6O2S3. The molecule has 4 aromatic rings. The van der Waals surface area contributed by atoms with Gasteiger partial charge in [-0.25, -0.2) is 5.01 Å². The van der Waals surface area contributed by atoms with Crippen LogP contribution < -0.4 is 10.7 Å². The van der Waals surface area contributed by atoms with E-state index in [4.69, 9.17) is 35.4 Å². The molecule has 5 rings (SSSR count). The van der Waals surface area contributed by atoms with Crippen LogP contribution in [0, 0.1) is 0 Å². The molecule has 2 heterocycles. The second-order valence-electron chi connectivity index (χ2n) is 8.23. The normalized spacial score (nSPS) is 13.1. The van der Waals surface area contributed by atoms with Gasteiger partial charge in [0.15, 0.2) is 9.48 Å². The van der Waals surface area contributed by atoms with E-state index in [9.17, 15) is 9.59 Å². The third-order valence-electron chi connectivity index (χ3n) is 5.62. The maximum absolute atomic E-state index is 12.6. The second-order valence-corrected chi connectivity index (χ2v) is 11.6. The van der Waals surface area contributed by atoms with Crippen LogP contribution in [-0.2, 0) is 16.0 Å². The summed E-state index contributed by atoms with van der Waals surface area (Å²) in [6.45, 7) is 0. The van der Waals surface area contributed by atoms with Crippen LogP contribution in [0.15, 0.2) is 78.0 Å². The second kappa shape index (κ2) is 12.4. The van der Waals surface area contributed by atoms with E-state index >= 15 is 0 Å². The van der Waals surface area contributed by atoms with Gasteiger partial charge in [0.1, 0.15) is 5.82 Å². The van der Waals surface area contributed by atoms with Crippen molar-refractivity contribution in [1.29, 1.82) is 0 Å². The molecule has 1 aliphatic heterocycles. The average molecular weight is 616 g/mol. The zero-order valence-electron chi connectivity index (χ0n) is 20.1. The molecule has 13 heteroatoms. The van der Waals surface area contributed by atoms with Crippen LogP contribution in [0.25, 0.3) is 5.69 Å². The number of hydrogen-bond donors (Lipinski definition) is 2. The Labute approximate surface area is 248 Å². The van der Waals surface area contributed by atoms with Crippen molar-refractivity contribution in [3.05, 3.63) is 94.2 Å². The third-order valence-corrected chi connectivity index (χ3v) is 8.54. The van der Waals surface area contributed by atoms with Gasteiger partial charge in [-0.1, -0.05) is 101 Å². The van der Waals surface area contributed by atoms with Crippen LogP contribution in [0.4, 0.5) is 11.4 Å². The Morgan fingerprint density at radius 2 is 1.72 bits per heavy atom. The number of anilines is 2. The lowest BCUT2D eigenvalue weighted by atomic mass is 10.1. The minimum Gasteiger partial charge on any atom is -0.353 e. The van der Waals surface area contributed by atoms with E-state index in [1.807, 2.05) is 59.2 Å². The number of benzene rings is 3. The number of amides is 2. The Morgan fingerprint density at radius 3 is 2.44 bits per heavy atom. The van der Waals surface area contributed by atoms with Gasteiger partial charge in [0.05, 0.1) is 27.2 Å². The molecule has 0 radical (unpaired) electrons. The Kier molecular flexibility index (Phi) is 8.73. The number of halogens is 2. The first-order valence-corrected chi connectivity index (χ1v) is 14.7. The highest BCUT2D eigenvalue weighted by atomic mass is 35.5. The fourth-order valence-corrected chi connectivity index (χ4v) is 6.04. The van der Waals surface area contributed by atoms with Crippen molar-refractivity contribution < 1.29 is 9.59 Å². The summed E-state index contributed by atoms with van der Waals surface area (Å²) in [4.78, 5) is 24.5. The molecule has 0 saturated carbocycles. The van der Waals surface area contributed by atoms with Gasteiger partial charge < -0.3 is 5.32 Å². The summed E-state index contributed by atoms with van der Waals surface area (Å²) >= 11 is 20.3. The lowest BCUT2D eigenvalue weighted by Crippen LogP contribution is -2.45. The summed E-state index contributed by atoms with van der Waals surface area (Å²) in [5, 5.41) is 14.9. The summed E-state index contributed by atoms with van der Waals surface area (Å²) in [6, 6.07) is 22.8. The lowest BCUT2D eigenvalue weighted by Gasteiger charge is -2.16. The Hall–Kier alpha value is -3.09. The standard InChI is InChI=1S/C26H20Cl2N6O2S3/c27-18-10-6-11-19(28)24(18)29-20-12-5-4-7-16(20)13-21-30-31-25(33(21)17-8-2-1-3-9-17)38-14-22(35)32-34-23(36)15-39-26(34)37/h1-12,29H,13-15H2,(H,32,35). The third kappa shape index (κ3) is 6.39. The van der Waals surface area contributed by atoms with Gasteiger partial charge in [-0.15, -0.1) is 10.2 Å². The van der Waals surface area contributed by atoms with Crippen molar-refractivity contribution in [3.8, 4) is 5.69 Å². The van der Waals surface area contributed by atoms with Crippen LogP contribution >= 0.6 is 58.9 Å². The van der Waals surface area contributed by atoms with Gasteiger partial charge in [0.25, 0.3) is 5.91 Å². The van der Waals surface area contributed by atoms with Gasteiger partial charge >= 0.3 is 0 Å². The largest absolute Gasteiger partial charge is 0.353 e. The van der Waals surface area contributed by atoms with Crippen molar-refractivity contribution in [1.82, 2.24) is 25.2 Å². The fourth-order valence-electron chi connectivity index (χ4n) is 3.81. The topological polar surface area (TPSA) is 92.2 Å². The molecule has 1 aliphatic rings. The minimum absolute atomic E-state index is 0.0190. The molecule has 1 aromatic heterocycles. The predicted octanol–water partition coefficient (Wildman–Crippen LogP) is 5.89. The van der Waals surface area contributed by atoms with Crippen LogP contribution in [0.3, 0.4) is 0 Å². The first-order chi connectivity index (χ1) is 18.9. The lowest BCUT2D eigenvalue weighted by molar-refractivity contribution is -0.132. The number of hydrogen-bond acceptors (Lipinski definition) is 8.